The Labute approximate surface area is 161 Å². The lowest BCUT2D eigenvalue weighted by Crippen LogP contribution is -2.60. The van der Waals surface area contributed by atoms with E-state index in [0.717, 1.165) is 5.56 Å². The average Bonchev–Trinajstić information content (AvgIpc) is 3.11. The van der Waals surface area contributed by atoms with Crippen molar-refractivity contribution in [2.45, 2.75) is 56.1 Å². The Balaban J connectivity index is 1.48. The molecule has 2 fully saturated rings. The predicted octanol–water partition coefficient (Wildman–Crippen LogP) is -0.698. The van der Waals surface area contributed by atoms with Gasteiger partial charge >= 0.3 is 11.9 Å². The molecule has 3 N–H and O–H groups in total. The number of rotatable bonds is 7. The lowest BCUT2D eigenvalue weighted by molar-refractivity contribution is -0.311. The van der Waals surface area contributed by atoms with E-state index >= 15 is 0 Å². The van der Waals surface area contributed by atoms with Gasteiger partial charge in [0.05, 0.1) is 6.42 Å². The summed E-state index contributed by atoms with van der Waals surface area (Å²) >= 11 is 0. The second-order valence-electron chi connectivity index (χ2n) is 6.83. The van der Waals surface area contributed by atoms with Crippen molar-refractivity contribution in [3.63, 3.8) is 0 Å². The Hall–Kier alpha value is -2.04. The summed E-state index contributed by atoms with van der Waals surface area (Å²) in [6, 6.07) is 9.44. The van der Waals surface area contributed by atoms with Crippen molar-refractivity contribution in [3.8, 4) is 0 Å². The minimum Gasteiger partial charge on any atom is -0.463 e. The van der Waals surface area contributed by atoms with Crippen LogP contribution in [0.1, 0.15) is 18.4 Å². The first-order chi connectivity index (χ1) is 13.4. The fourth-order valence-electron chi connectivity index (χ4n) is 3.07. The van der Waals surface area contributed by atoms with Crippen molar-refractivity contribution >= 4 is 11.9 Å². The number of carbonyl (C=O) groups excluding carboxylic acids is 2. The maximum Gasteiger partial charge on any atom is 0.308 e. The largest absolute Gasteiger partial charge is 0.463 e. The molecule has 0 spiro atoms. The molecule has 1 aromatic rings. The number of cyclic esters (lactones) is 1. The number of hydrogen-bond acceptors (Lipinski definition) is 9. The van der Waals surface area contributed by atoms with Gasteiger partial charge in [-0.2, -0.15) is 0 Å². The van der Waals surface area contributed by atoms with Crippen LogP contribution >= 0.6 is 0 Å². The molecule has 2 saturated heterocycles. The SMILES string of the molecule is O=C(CCc1ccccc1)OC[C@H]1O[C@@H](O[C@H]2COC(=O)C2)[C@H](O)[C@@H](O)[C@@H]1O. The number of aliphatic hydroxyl groups excluding tert-OH is 3. The van der Waals surface area contributed by atoms with Gasteiger partial charge < -0.3 is 34.3 Å². The van der Waals surface area contributed by atoms with Crippen LogP contribution in [0.3, 0.4) is 0 Å². The van der Waals surface area contributed by atoms with Crippen LogP contribution in [-0.4, -0.2) is 77.3 Å². The normalized spacial score (nSPS) is 32.8. The number of carbonyl (C=O) groups is 2. The van der Waals surface area contributed by atoms with E-state index in [1.54, 1.807) is 0 Å². The Morgan fingerprint density at radius 3 is 2.54 bits per heavy atom. The number of aliphatic hydroxyl groups is 3. The maximum atomic E-state index is 12.0. The van der Waals surface area contributed by atoms with Crippen LogP contribution in [0.4, 0.5) is 0 Å². The van der Waals surface area contributed by atoms with Gasteiger partial charge in [0.1, 0.15) is 43.7 Å². The molecule has 2 heterocycles. The van der Waals surface area contributed by atoms with Crippen LogP contribution in [0, 0.1) is 0 Å². The minimum atomic E-state index is -1.55. The molecule has 0 radical (unpaired) electrons. The van der Waals surface area contributed by atoms with Gasteiger partial charge in [0.25, 0.3) is 0 Å². The van der Waals surface area contributed by atoms with E-state index in [-0.39, 0.29) is 26.1 Å². The summed E-state index contributed by atoms with van der Waals surface area (Å²) in [6.45, 7) is -0.290. The highest BCUT2D eigenvalue weighted by Gasteiger charge is 2.46. The third-order valence-electron chi connectivity index (χ3n) is 4.69. The van der Waals surface area contributed by atoms with Crippen molar-refractivity contribution in [1.29, 1.82) is 0 Å². The average molecular weight is 396 g/mol. The summed E-state index contributed by atoms with van der Waals surface area (Å²) in [5.74, 6) is -0.910. The number of esters is 2. The Kier molecular flexibility index (Phi) is 6.97. The molecule has 28 heavy (non-hydrogen) atoms. The van der Waals surface area contributed by atoms with E-state index in [9.17, 15) is 24.9 Å². The van der Waals surface area contributed by atoms with Crippen molar-refractivity contribution < 1.29 is 43.9 Å². The zero-order valence-corrected chi connectivity index (χ0v) is 15.2. The van der Waals surface area contributed by atoms with E-state index in [2.05, 4.69) is 0 Å². The van der Waals surface area contributed by atoms with Crippen LogP contribution in [0.25, 0.3) is 0 Å². The van der Waals surface area contributed by atoms with Crippen molar-refractivity contribution in [1.82, 2.24) is 0 Å². The Morgan fingerprint density at radius 1 is 1.11 bits per heavy atom. The summed E-state index contributed by atoms with van der Waals surface area (Å²) in [5, 5.41) is 30.2. The lowest BCUT2D eigenvalue weighted by atomic mass is 9.99. The molecule has 0 bridgehead atoms. The van der Waals surface area contributed by atoms with Gasteiger partial charge in [-0.1, -0.05) is 30.3 Å². The predicted molar refractivity (Wildman–Crippen MR) is 92.9 cm³/mol. The molecule has 9 nitrogen and oxygen atoms in total. The molecule has 9 heteroatoms. The Morgan fingerprint density at radius 2 is 1.86 bits per heavy atom. The topological polar surface area (TPSA) is 132 Å². The highest BCUT2D eigenvalue weighted by molar-refractivity contribution is 5.72. The van der Waals surface area contributed by atoms with Crippen molar-refractivity contribution in [2.75, 3.05) is 13.2 Å². The van der Waals surface area contributed by atoms with E-state index in [0.29, 0.717) is 6.42 Å². The number of benzene rings is 1. The molecule has 3 rings (SSSR count). The van der Waals surface area contributed by atoms with Crippen LogP contribution in [0.5, 0.6) is 0 Å². The molecule has 0 amide bonds. The summed E-state index contributed by atoms with van der Waals surface area (Å²) in [5.41, 5.74) is 0.994. The highest BCUT2D eigenvalue weighted by Crippen LogP contribution is 2.25. The zero-order valence-electron chi connectivity index (χ0n) is 15.2. The third-order valence-corrected chi connectivity index (χ3v) is 4.69. The summed E-state index contributed by atoms with van der Waals surface area (Å²) in [4.78, 5) is 23.1. The number of aryl methyl sites for hydroxylation is 1. The zero-order chi connectivity index (χ0) is 20.1. The highest BCUT2D eigenvalue weighted by atomic mass is 16.7. The second-order valence-corrected chi connectivity index (χ2v) is 6.83. The first-order valence-corrected chi connectivity index (χ1v) is 9.14. The molecule has 0 aliphatic carbocycles. The summed E-state index contributed by atoms with van der Waals surface area (Å²) in [6.07, 6.45) is -6.85. The molecule has 154 valence electrons. The van der Waals surface area contributed by atoms with E-state index in [1.165, 1.54) is 0 Å². The fourth-order valence-corrected chi connectivity index (χ4v) is 3.07. The molecule has 2 aliphatic rings. The molecule has 2 aliphatic heterocycles. The molecule has 0 unspecified atom stereocenters. The molecule has 0 aromatic heterocycles. The standard InChI is InChI=1S/C19H24O9/c20-14(7-6-11-4-2-1-3-5-11)26-10-13-16(22)17(23)18(24)19(28-13)27-12-8-15(21)25-9-12/h1-5,12-13,16-19,22-24H,6-10H2/t12-,13-,16-,17+,18-,19-/m1/s1. The van der Waals surface area contributed by atoms with E-state index < -0.39 is 48.7 Å². The van der Waals surface area contributed by atoms with Crippen molar-refractivity contribution in [3.05, 3.63) is 35.9 Å². The van der Waals surface area contributed by atoms with Gasteiger partial charge in [-0.3, -0.25) is 9.59 Å². The molecule has 6 atom stereocenters. The van der Waals surface area contributed by atoms with Gasteiger partial charge in [0.15, 0.2) is 6.29 Å². The maximum absolute atomic E-state index is 12.0. The van der Waals surface area contributed by atoms with Gasteiger partial charge in [0.2, 0.25) is 0 Å². The van der Waals surface area contributed by atoms with Gasteiger partial charge in [-0.15, -0.1) is 0 Å². The quantitative estimate of drug-likeness (QED) is 0.512. The monoisotopic (exact) mass is 396 g/mol. The van der Waals surface area contributed by atoms with E-state index in [1.807, 2.05) is 30.3 Å². The first-order valence-electron chi connectivity index (χ1n) is 9.14. The third kappa shape index (κ3) is 5.27. The molecular formula is C19H24O9. The smallest absolute Gasteiger partial charge is 0.308 e. The van der Waals surface area contributed by atoms with Gasteiger partial charge in [0, 0.05) is 6.42 Å². The number of hydrogen-bond donors (Lipinski definition) is 3. The van der Waals surface area contributed by atoms with Crippen molar-refractivity contribution in [2.24, 2.45) is 0 Å². The molecule has 1 aromatic carbocycles. The Bertz CT molecular complexity index is 665. The molecule has 0 saturated carbocycles. The van der Waals surface area contributed by atoms with Crippen LogP contribution in [0.15, 0.2) is 30.3 Å². The van der Waals surface area contributed by atoms with Gasteiger partial charge in [-0.05, 0) is 12.0 Å². The van der Waals surface area contributed by atoms with E-state index in [4.69, 9.17) is 18.9 Å². The second kappa shape index (κ2) is 9.44. The van der Waals surface area contributed by atoms with Gasteiger partial charge in [-0.25, -0.2) is 0 Å². The molecular weight excluding hydrogens is 372 g/mol. The van der Waals surface area contributed by atoms with Crippen LogP contribution in [-0.2, 0) is 35.0 Å². The van der Waals surface area contributed by atoms with Crippen LogP contribution in [0.2, 0.25) is 0 Å². The van der Waals surface area contributed by atoms with Crippen LogP contribution < -0.4 is 0 Å². The fraction of sp³-hybridized carbons (Fsp3) is 0.579. The number of ether oxygens (including phenoxy) is 4. The lowest BCUT2D eigenvalue weighted by Gasteiger charge is -2.40. The minimum absolute atomic E-state index is 0.00433. The summed E-state index contributed by atoms with van der Waals surface area (Å²) in [7, 11) is 0. The first kappa shape index (κ1) is 20.7. The summed E-state index contributed by atoms with van der Waals surface area (Å²) < 4.78 is 20.9.